The maximum Gasteiger partial charge on any atom is 0.313 e. The number of hydrogen-bond donors (Lipinski definition) is 1. The summed E-state index contributed by atoms with van der Waals surface area (Å²) >= 11 is 0. The molecule has 2 aliphatic rings. The zero-order valence-electron chi connectivity index (χ0n) is 9.50. The number of hydrogen-bond acceptors (Lipinski definition) is 3. The van der Waals surface area contributed by atoms with Crippen molar-refractivity contribution in [3.05, 3.63) is 0 Å². The van der Waals surface area contributed by atoms with Crippen molar-refractivity contribution in [2.24, 2.45) is 17.1 Å². The lowest BCUT2D eigenvalue weighted by Crippen LogP contribution is -2.55. The van der Waals surface area contributed by atoms with Gasteiger partial charge in [-0.1, -0.05) is 19.3 Å². The molecule has 3 nitrogen and oxygen atoms in total. The fourth-order valence-electron chi connectivity index (χ4n) is 3.20. The van der Waals surface area contributed by atoms with Gasteiger partial charge in [-0.3, -0.25) is 4.79 Å². The van der Waals surface area contributed by atoms with E-state index in [9.17, 15) is 4.79 Å². The van der Waals surface area contributed by atoms with Gasteiger partial charge in [-0.25, -0.2) is 0 Å². The Kier molecular flexibility index (Phi) is 3.01. The van der Waals surface area contributed by atoms with Crippen molar-refractivity contribution in [3.8, 4) is 0 Å². The minimum Gasteiger partial charge on any atom is -0.469 e. The minimum atomic E-state index is -0.330. The summed E-state index contributed by atoms with van der Waals surface area (Å²) in [6.45, 7) is 0. The van der Waals surface area contributed by atoms with Gasteiger partial charge in [0.15, 0.2) is 0 Å². The fourth-order valence-corrected chi connectivity index (χ4v) is 3.20. The fraction of sp³-hybridized carbons (Fsp3) is 0.917. The molecule has 86 valence electrons. The highest BCUT2D eigenvalue weighted by Gasteiger charge is 2.52. The van der Waals surface area contributed by atoms with Crippen molar-refractivity contribution in [1.82, 2.24) is 0 Å². The van der Waals surface area contributed by atoms with Gasteiger partial charge in [0.2, 0.25) is 0 Å². The maximum atomic E-state index is 11.8. The van der Waals surface area contributed by atoms with Crippen LogP contribution in [-0.4, -0.2) is 19.1 Å². The van der Waals surface area contributed by atoms with Crippen LogP contribution in [0.4, 0.5) is 0 Å². The number of carbonyl (C=O) groups excluding carboxylic acids is 1. The van der Waals surface area contributed by atoms with Gasteiger partial charge in [0.25, 0.3) is 0 Å². The summed E-state index contributed by atoms with van der Waals surface area (Å²) in [5, 5.41) is 0. The number of esters is 1. The molecule has 0 aromatic carbocycles. The maximum absolute atomic E-state index is 11.8. The second-order valence-corrected chi connectivity index (χ2v) is 5.07. The van der Waals surface area contributed by atoms with Crippen LogP contribution in [0.25, 0.3) is 0 Å². The second kappa shape index (κ2) is 4.12. The van der Waals surface area contributed by atoms with Gasteiger partial charge in [0.1, 0.15) is 0 Å². The number of ether oxygens (including phenoxy) is 1. The molecule has 2 fully saturated rings. The van der Waals surface area contributed by atoms with Crippen molar-refractivity contribution >= 4 is 5.97 Å². The topological polar surface area (TPSA) is 52.3 Å². The molecule has 0 aromatic heterocycles. The molecule has 0 spiro atoms. The smallest absolute Gasteiger partial charge is 0.313 e. The molecule has 3 heteroatoms. The van der Waals surface area contributed by atoms with E-state index in [0.29, 0.717) is 5.92 Å². The van der Waals surface area contributed by atoms with E-state index in [4.69, 9.17) is 10.5 Å². The first-order chi connectivity index (χ1) is 7.20. The third-order valence-electron chi connectivity index (χ3n) is 4.38. The normalized spacial score (nSPS) is 27.1. The Morgan fingerprint density at radius 1 is 1.33 bits per heavy atom. The SMILES string of the molecule is COC(=O)C1(C(N)C2CCCC2)CCC1. The molecule has 0 radical (unpaired) electrons. The lowest BCUT2D eigenvalue weighted by atomic mass is 9.61. The van der Waals surface area contributed by atoms with Crippen LogP contribution in [0.15, 0.2) is 0 Å². The van der Waals surface area contributed by atoms with Crippen molar-refractivity contribution in [3.63, 3.8) is 0 Å². The highest BCUT2D eigenvalue weighted by Crippen LogP contribution is 2.48. The van der Waals surface area contributed by atoms with E-state index in [-0.39, 0.29) is 17.4 Å². The van der Waals surface area contributed by atoms with Crippen molar-refractivity contribution in [2.75, 3.05) is 7.11 Å². The molecule has 0 saturated heterocycles. The summed E-state index contributed by atoms with van der Waals surface area (Å²) in [5.41, 5.74) is 5.97. The van der Waals surface area contributed by atoms with Crippen LogP contribution in [0.2, 0.25) is 0 Å². The number of carbonyl (C=O) groups is 1. The molecule has 0 aliphatic heterocycles. The van der Waals surface area contributed by atoms with Gasteiger partial charge in [-0.15, -0.1) is 0 Å². The van der Waals surface area contributed by atoms with Gasteiger partial charge in [0, 0.05) is 6.04 Å². The molecular formula is C12H21NO2. The molecule has 1 unspecified atom stereocenters. The van der Waals surface area contributed by atoms with Crippen molar-refractivity contribution < 1.29 is 9.53 Å². The highest BCUT2D eigenvalue weighted by molar-refractivity contribution is 5.78. The van der Waals surface area contributed by atoms with E-state index in [1.54, 1.807) is 0 Å². The monoisotopic (exact) mass is 211 g/mol. The predicted octanol–water partition coefficient (Wildman–Crippen LogP) is 1.85. The Labute approximate surface area is 91.4 Å². The van der Waals surface area contributed by atoms with Gasteiger partial charge in [0.05, 0.1) is 12.5 Å². The molecule has 2 rings (SSSR count). The van der Waals surface area contributed by atoms with Gasteiger partial charge in [-0.2, -0.15) is 0 Å². The summed E-state index contributed by atoms with van der Waals surface area (Å²) in [6.07, 6.45) is 7.91. The standard InChI is InChI=1S/C12H21NO2/c1-15-11(14)12(7-4-8-12)10(13)9-5-2-3-6-9/h9-10H,2-8,13H2,1H3. The van der Waals surface area contributed by atoms with E-state index in [1.807, 2.05) is 0 Å². The molecule has 2 N–H and O–H groups in total. The molecule has 0 bridgehead atoms. The number of methoxy groups -OCH3 is 1. The largest absolute Gasteiger partial charge is 0.469 e. The van der Waals surface area contributed by atoms with Crippen LogP contribution in [-0.2, 0) is 9.53 Å². The van der Waals surface area contributed by atoms with Crippen LogP contribution in [0, 0.1) is 11.3 Å². The third kappa shape index (κ3) is 1.67. The van der Waals surface area contributed by atoms with Gasteiger partial charge >= 0.3 is 5.97 Å². The Morgan fingerprint density at radius 3 is 2.33 bits per heavy atom. The average molecular weight is 211 g/mol. The molecule has 1 atom stereocenters. The van der Waals surface area contributed by atoms with Crippen LogP contribution in [0.1, 0.15) is 44.9 Å². The van der Waals surface area contributed by atoms with E-state index in [0.717, 1.165) is 19.3 Å². The molecule has 15 heavy (non-hydrogen) atoms. The van der Waals surface area contributed by atoms with E-state index >= 15 is 0 Å². The summed E-state index contributed by atoms with van der Waals surface area (Å²) in [6, 6.07) is 0.0289. The van der Waals surface area contributed by atoms with E-state index < -0.39 is 0 Å². The van der Waals surface area contributed by atoms with Crippen LogP contribution < -0.4 is 5.73 Å². The molecule has 2 saturated carbocycles. The summed E-state index contributed by atoms with van der Waals surface area (Å²) < 4.78 is 4.92. The summed E-state index contributed by atoms with van der Waals surface area (Å²) in [4.78, 5) is 11.8. The van der Waals surface area contributed by atoms with Crippen LogP contribution >= 0.6 is 0 Å². The molecule has 0 heterocycles. The first kappa shape index (κ1) is 10.9. The summed E-state index contributed by atoms with van der Waals surface area (Å²) in [5.74, 6) is 0.470. The summed E-state index contributed by atoms with van der Waals surface area (Å²) in [7, 11) is 1.48. The van der Waals surface area contributed by atoms with Gasteiger partial charge in [-0.05, 0) is 31.6 Å². The molecular weight excluding hydrogens is 190 g/mol. The number of nitrogens with two attached hydrogens (primary N) is 1. The Hall–Kier alpha value is -0.570. The lowest BCUT2D eigenvalue weighted by molar-refractivity contribution is -0.161. The zero-order chi connectivity index (χ0) is 10.9. The highest BCUT2D eigenvalue weighted by atomic mass is 16.5. The Balaban J connectivity index is 2.07. The number of rotatable bonds is 3. The van der Waals surface area contributed by atoms with Gasteiger partial charge < -0.3 is 10.5 Å². The average Bonchev–Trinajstić information content (AvgIpc) is 2.68. The van der Waals surface area contributed by atoms with Crippen molar-refractivity contribution in [2.45, 2.75) is 51.0 Å². The van der Waals surface area contributed by atoms with E-state index in [1.165, 1.54) is 32.8 Å². The minimum absolute atomic E-state index is 0.0289. The Morgan fingerprint density at radius 2 is 1.93 bits per heavy atom. The molecule has 0 amide bonds. The molecule has 2 aliphatic carbocycles. The third-order valence-corrected chi connectivity index (χ3v) is 4.38. The molecule has 0 aromatic rings. The van der Waals surface area contributed by atoms with Crippen LogP contribution in [0.3, 0.4) is 0 Å². The quantitative estimate of drug-likeness (QED) is 0.725. The van der Waals surface area contributed by atoms with E-state index in [2.05, 4.69) is 0 Å². The predicted molar refractivity (Wildman–Crippen MR) is 58.2 cm³/mol. The Bertz CT molecular complexity index is 242. The van der Waals surface area contributed by atoms with Crippen molar-refractivity contribution in [1.29, 1.82) is 0 Å². The van der Waals surface area contributed by atoms with Crippen LogP contribution in [0.5, 0.6) is 0 Å². The zero-order valence-corrected chi connectivity index (χ0v) is 9.50. The second-order valence-electron chi connectivity index (χ2n) is 5.07. The lowest BCUT2D eigenvalue weighted by Gasteiger charge is -2.45. The first-order valence-electron chi connectivity index (χ1n) is 6.05. The first-order valence-corrected chi connectivity index (χ1v) is 6.05.